The maximum atomic E-state index is 12.4. The maximum Gasteiger partial charge on any atom is 0.490 e. The predicted molar refractivity (Wildman–Crippen MR) is 70.0 cm³/mol. The van der Waals surface area contributed by atoms with Crippen molar-refractivity contribution in [3.8, 4) is 10.4 Å². The molecular weight excluding hydrogens is 292 g/mol. The molecule has 20 heavy (non-hydrogen) atoms. The van der Waals surface area contributed by atoms with Gasteiger partial charge in [0.05, 0.1) is 10.4 Å². The lowest BCUT2D eigenvalue weighted by atomic mass is 9.80. The lowest BCUT2D eigenvalue weighted by Crippen LogP contribution is -2.30. The van der Waals surface area contributed by atoms with Gasteiger partial charge in [-0.1, -0.05) is 12.1 Å². The molecule has 0 aliphatic carbocycles. The molecule has 0 amide bonds. The minimum Gasteiger partial charge on any atom is -0.423 e. The Morgan fingerprint density at radius 3 is 2.15 bits per heavy atom. The Hall–Kier alpha value is -1.64. The van der Waals surface area contributed by atoms with Crippen LogP contribution in [0.5, 0.6) is 0 Å². The number of benzene rings is 1. The molecule has 0 radical (unpaired) electrons. The minimum atomic E-state index is -4.41. The number of alkyl halides is 3. The van der Waals surface area contributed by atoms with Gasteiger partial charge in [-0.05, 0) is 23.8 Å². The summed E-state index contributed by atoms with van der Waals surface area (Å²) in [6, 6.07) is 5.80. The molecule has 2 rings (SSSR count). The van der Waals surface area contributed by atoms with Crippen LogP contribution in [0.15, 0.2) is 30.3 Å². The Bertz CT molecular complexity index is 620. The molecule has 0 unspecified atom stereocenters. The average molecular weight is 300 g/mol. The fourth-order valence-corrected chi connectivity index (χ4v) is 2.69. The summed E-state index contributed by atoms with van der Waals surface area (Å²) in [5.74, 6) is 0. The van der Waals surface area contributed by atoms with E-state index < -0.39 is 18.9 Å². The largest absolute Gasteiger partial charge is 0.490 e. The van der Waals surface area contributed by atoms with E-state index >= 15 is 0 Å². The van der Waals surface area contributed by atoms with Crippen molar-refractivity contribution in [3.05, 3.63) is 40.8 Å². The molecule has 1 heterocycles. The number of rotatable bonds is 3. The van der Waals surface area contributed by atoms with E-state index in [0.717, 1.165) is 23.5 Å². The summed E-state index contributed by atoms with van der Waals surface area (Å²) < 4.78 is 37.3. The number of halogens is 3. The van der Waals surface area contributed by atoms with E-state index in [-0.39, 0.29) is 10.3 Å². The topological polar surface area (TPSA) is 57.5 Å². The standard InChI is InChI=1S/C12H8BF3O3S/c14-12(15,16)8-3-1-7(2-4-8)10-5-9(13(18)19)11(6-17)20-10/h1-6,18-19H. The van der Waals surface area contributed by atoms with E-state index in [4.69, 9.17) is 10.0 Å². The van der Waals surface area contributed by atoms with Gasteiger partial charge in [0.1, 0.15) is 0 Å². The van der Waals surface area contributed by atoms with Crippen molar-refractivity contribution >= 4 is 30.2 Å². The summed E-state index contributed by atoms with van der Waals surface area (Å²) in [5, 5.41) is 18.2. The van der Waals surface area contributed by atoms with Crippen molar-refractivity contribution < 1.29 is 28.0 Å². The van der Waals surface area contributed by atoms with E-state index in [0.29, 0.717) is 16.7 Å². The van der Waals surface area contributed by atoms with Crippen LogP contribution in [-0.4, -0.2) is 23.5 Å². The number of thiophene rings is 1. The third-order valence-electron chi connectivity index (χ3n) is 2.67. The van der Waals surface area contributed by atoms with Gasteiger partial charge in [-0.3, -0.25) is 4.79 Å². The molecule has 1 aromatic carbocycles. The highest BCUT2D eigenvalue weighted by Gasteiger charge is 2.30. The first kappa shape index (κ1) is 14.8. The fraction of sp³-hybridized carbons (Fsp3) is 0.0833. The van der Waals surface area contributed by atoms with Crippen LogP contribution in [-0.2, 0) is 6.18 Å². The first-order valence-electron chi connectivity index (χ1n) is 5.45. The molecule has 3 nitrogen and oxygen atoms in total. The van der Waals surface area contributed by atoms with Crippen molar-refractivity contribution in [2.45, 2.75) is 6.18 Å². The maximum absolute atomic E-state index is 12.4. The van der Waals surface area contributed by atoms with Gasteiger partial charge >= 0.3 is 13.3 Å². The van der Waals surface area contributed by atoms with Crippen LogP contribution in [0.25, 0.3) is 10.4 Å². The molecule has 0 saturated heterocycles. The molecule has 0 atom stereocenters. The minimum absolute atomic E-state index is 0.0416. The Labute approximate surface area is 116 Å². The van der Waals surface area contributed by atoms with Gasteiger partial charge in [0.2, 0.25) is 0 Å². The zero-order chi connectivity index (χ0) is 14.9. The van der Waals surface area contributed by atoms with Crippen molar-refractivity contribution in [2.75, 3.05) is 0 Å². The Balaban J connectivity index is 2.39. The number of carbonyl (C=O) groups is 1. The van der Waals surface area contributed by atoms with Gasteiger partial charge in [0.25, 0.3) is 0 Å². The van der Waals surface area contributed by atoms with Crippen molar-refractivity contribution in [1.29, 1.82) is 0 Å². The third kappa shape index (κ3) is 2.92. The molecule has 0 spiro atoms. The Morgan fingerprint density at radius 1 is 1.15 bits per heavy atom. The van der Waals surface area contributed by atoms with Gasteiger partial charge in [-0.15, -0.1) is 11.3 Å². The van der Waals surface area contributed by atoms with E-state index in [9.17, 15) is 18.0 Å². The normalized spacial score (nSPS) is 11.4. The zero-order valence-electron chi connectivity index (χ0n) is 9.89. The van der Waals surface area contributed by atoms with Crippen LogP contribution in [0.1, 0.15) is 15.2 Å². The molecule has 0 aliphatic rings. The second-order valence-corrected chi connectivity index (χ2v) is 5.08. The molecule has 0 aliphatic heterocycles. The van der Waals surface area contributed by atoms with E-state index in [1.165, 1.54) is 18.2 Å². The van der Waals surface area contributed by atoms with Crippen LogP contribution in [0.4, 0.5) is 13.2 Å². The van der Waals surface area contributed by atoms with Gasteiger partial charge in [0.15, 0.2) is 6.29 Å². The van der Waals surface area contributed by atoms with Crippen LogP contribution < -0.4 is 5.46 Å². The number of hydrogen-bond donors (Lipinski definition) is 2. The van der Waals surface area contributed by atoms with Gasteiger partial charge in [-0.2, -0.15) is 13.2 Å². The van der Waals surface area contributed by atoms with E-state index in [1.807, 2.05) is 0 Å². The van der Waals surface area contributed by atoms with Crippen LogP contribution in [0.2, 0.25) is 0 Å². The van der Waals surface area contributed by atoms with Crippen molar-refractivity contribution in [2.24, 2.45) is 0 Å². The summed E-state index contributed by atoms with van der Waals surface area (Å²) in [4.78, 5) is 11.4. The first-order valence-corrected chi connectivity index (χ1v) is 6.27. The van der Waals surface area contributed by atoms with Crippen molar-refractivity contribution in [3.63, 3.8) is 0 Å². The third-order valence-corrected chi connectivity index (χ3v) is 3.80. The van der Waals surface area contributed by atoms with Crippen LogP contribution in [0, 0.1) is 0 Å². The second kappa shape index (κ2) is 5.39. The highest BCUT2D eigenvalue weighted by molar-refractivity contribution is 7.18. The average Bonchev–Trinajstić information content (AvgIpc) is 2.82. The summed E-state index contributed by atoms with van der Waals surface area (Å²) in [6.07, 6.45) is -3.93. The monoisotopic (exact) mass is 300 g/mol. The SMILES string of the molecule is O=Cc1sc(-c2ccc(C(F)(F)F)cc2)cc1B(O)O. The van der Waals surface area contributed by atoms with Gasteiger partial charge < -0.3 is 10.0 Å². The number of carbonyl (C=O) groups excluding carboxylic acids is 1. The molecule has 104 valence electrons. The smallest absolute Gasteiger partial charge is 0.423 e. The van der Waals surface area contributed by atoms with E-state index in [2.05, 4.69) is 0 Å². The lowest BCUT2D eigenvalue weighted by Gasteiger charge is -2.06. The van der Waals surface area contributed by atoms with Crippen molar-refractivity contribution in [1.82, 2.24) is 0 Å². The molecule has 0 bridgehead atoms. The highest BCUT2D eigenvalue weighted by Crippen LogP contribution is 2.32. The second-order valence-electron chi connectivity index (χ2n) is 4.00. The number of aldehydes is 1. The quantitative estimate of drug-likeness (QED) is 0.672. The van der Waals surface area contributed by atoms with Crippen LogP contribution >= 0.6 is 11.3 Å². The summed E-state index contributed by atoms with van der Waals surface area (Å²) in [7, 11) is -1.80. The highest BCUT2D eigenvalue weighted by atomic mass is 32.1. The zero-order valence-corrected chi connectivity index (χ0v) is 10.7. The van der Waals surface area contributed by atoms with Gasteiger partial charge in [-0.25, -0.2) is 0 Å². The molecule has 2 aromatic rings. The molecule has 1 aromatic heterocycles. The number of hydrogen-bond acceptors (Lipinski definition) is 4. The first-order chi connectivity index (χ1) is 9.32. The molecular formula is C12H8BF3O3S. The molecule has 0 fully saturated rings. The fourth-order valence-electron chi connectivity index (χ4n) is 1.68. The summed E-state index contributed by atoms with van der Waals surface area (Å²) >= 11 is 0.985. The Morgan fingerprint density at radius 2 is 1.75 bits per heavy atom. The predicted octanol–water partition coefficient (Wildman–Crippen LogP) is 1.93. The molecule has 8 heteroatoms. The Kier molecular flexibility index (Phi) is 3.98. The summed E-state index contributed by atoms with van der Waals surface area (Å²) in [5.41, 5.74) is -0.256. The van der Waals surface area contributed by atoms with Gasteiger partial charge in [0, 0.05) is 10.3 Å². The molecule has 0 saturated carbocycles. The molecule has 2 N–H and O–H groups in total. The lowest BCUT2D eigenvalue weighted by molar-refractivity contribution is -0.137. The van der Waals surface area contributed by atoms with E-state index in [1.54, 1.807) is 0 Å². The van der Waals surface area contributed by atoms with Crippen LogP contribution in [0.3, 0.4) is 0 Å². The summed E-state index contributed by atoms with van der Waals surface area (Å²) in [6.45, 7) is 0.